The number of benzene rings is 1. The van der Waals surface area contributed by atoms with Gasteiger partial charge in [-0.25, -0.2) is 0 Å². The second kappa shape index (κ2) is 5.72. The highest BCUT2D eigenvalue weighted by atomic mass is 14.9. The summed E-state index contributed by atoms with van der Waals surface area (Å²) in [4.78, 5) is 0. The zero-order valence-corrected chi connectivity index (χ0v) is 10.8. The molecule has 1 N–H and O–H groups in total. The normalized spacial score (nSPS) is 23.2. The molecule has 1 aromatic carbocycles. The van der Waals surface area contributed by atoms with Crippen molar-refractivity contribution < 1.29 is 0 Å². The van der Waals surface area contributed by atoms with Crippen LogP contribution < -0.4 is 5.32 Å². The maximum absolute atomic E-state index is 3.45. The summed E-state index contributed by atoms with van der Waals surface area (Å²) in [6.45, 7) is 5.35. The van der Waals surface area contributed by atoms with Gasteiger partial charge in [-0.2, -0.15) is 0 Å². The first-order valence-electron chi connectivity index (χ1n) is 6.38. The third kappa shape index (κ3) is 3.77. The number of hydrogen-bond donors (Lipinski definition) is 1. The molecule has 0 saturated carbocycles. The fraction of sp³-hybridized carbons (Fsp3) is 0.375. The zero-order chi connectivity index (χ0) is 12.1. The van der Waals surface area contributed by atoms with Crippen LogP contribution in [0.1, 0.15) is 32.3 Å². The highest BCUT2D eigenvalue weighted by Crippen LogP contribution is 2.15. The first kappa shape index (κ1) is 12.0. The molecule has 0 unspecified atom stereocenters. The SMILES string of the molecule is C/C1=C\C/C=C(\C)CNc2ccc(cc2)CC1. The van der Waals surface area contributed by atoms with E-state index < -0.39 is 0 Å². The Bertz CT molecular complexity index is 382. The molecular weight excluding hydrogens is 206 g/mol. The Morgan fingerprint density at radius 1 is 0.882 bits per heavy atom. The van der Waals surface area contributed by atoms with Crippen molar-refractivity contribution in [3.8, 4) is 0 Å². The molecule has 17 heavy (non-hydrogen) atoms. The average molecular weight is 227 g/mol. The number of allylic oxidation sites excluding steroid dienone is 3. The molecule has 0 spiro atoms. The van der Waals surface area contributed by atoms with E-state index in [2.05, 4.69) is 55.6 Å². The fourth-order valence-corrected chi connectivity index (χ4v) is 2.01. The molecule has 0 amide bonds. The van der Waals surface area contributed by atoms with Crippen LogP contribution in [0.2, 0.25) is 0 Å². The van der Waals surface area contributed by atoms with E-state index in [4.69, 9.17) is 0 Å². The van der Waals surface area contributed by atoms with Gasteiger partial charge in [0.15, 0.2) is 0 Å². The summed E-state index contributed by atoms with van der Waals surface area (Å²) in [5, 5.41) is 3.45. The molecule has 2 aliphatic rings. The van der Waals surface area contributed by atoms with Gasteiger partial charge in [-0.3, -0.25) is 0 Å². The average Bonchev–Trinajstić information content (AvgIpc) is 2.36. The minimum absolute atomic E-state index is 0.937. The summed E-state index contributed by atoms with van der Waals surface area (Å²) in [6, 6.07) is 8.82. The van der Waals surface area contributed by atoms with Gasteiger partial charge in [0.2, 0.25) is 0 Å². The van der Waals surface area contributed by atoms with E-state index in [1.807, 2.05) is 0 Å². The minimum Gasteiger partial charge on any atom is -0.381 e. The van der Waals surface area contributed by atoms with E-state index in [0.29, 0.717) is 0 Å². The third-order valence-corrected chi connectivity index (χ3v) is 3.27. The molecule has 1 heteroatoms. The minimum atomic E-state index is 0.937. The monoisotopic (exact) mass is 227 g/mol. The van der Waals surface area contributed by atoms with Crippen LogP contribution in [0.4, 0.5) is 5.69 Å². The molecule has 0 atom stereocenters. The summed E-state index contributed by atoms with van der Waals surface area (Å²) >= 11 is 0. The van der Waals surface area contributed by atoms with Gasteiger partial charge in [0, 0.05) is 12.2 Å². The van der Waals surface area contributed by atoms with Crippen LogP contribution in [-0.4, -0.2) is 6.54 Å². The van der Waals surface area contributed by atoms with E-state index in [0.717, 1.165) is 19.4 Å². The van der Waals surface area contributed by atoms with Gasteiger partial charge in [0.1, 0.15) is 0 Å². The van der Waals surface area contributed by atoms with Crippen LogP contribution in [-0.2, 0) is 6.42 Å². The lowest BCUT2D eigenvalue weighted by atomic mass is 10.0. The Balaban J connectivity index is 2.19. The number of rotatable bonds is 0. The summed E-state index contributed by atoms with van der Waals surface area (Å²) in [5.74, 6) is 0. The molecule has 2 bridgehead atoms. The zero-order valence-electron chi connectivity index (χ0n) is 10.8. The van der Waals surface area contributed by atoms with Crippen molar-refractivity contribution in [2.75, 3.05) is 11.9 Å². The lowest BCUT2D eigenvalue weighted by Crippen LogP contribution is -2.02. The van der Waals surface area contributed by atoms with Crippen LogP contribution in [0.5, 0.6) is 0 Å². The first-order chi connectivity index (χ1) is 8.24. The highest BCUT2D eigenvalue weighted by Gasteiger charge is 1.98. The van der Waals surface area contributed by atoms with Crippen LogP contribution in [0.15, 0.2) is 47.6 Å². The second-order valence-electron chi connectivity index (χ2n) is 4.89. The van der Waals surface area contributed by atoms with Gasteiger partial charge in [-0.05, 0) is 50.8 Å². The van der Waals surface area contributed by atoms with Gasteiger partial charge >= 0.3 is 0 Å². The number of nitrogens with one attached hydrogen (secondary N) is 1. The fourth-order valence-electron chi connectivity index (χ4n) is 2.01. The molecule has 0 aromatic heterocycles. The topological polar surface area (TPSA) is 12.0 Å². The third-order valence-electron chi connectivity index (χ3n) is 3.27. The quantitative estimate of drug-likeness (QED) is 0.651. The molecule has 0 aliphatic carbocycles. The summed E-state index contributed by atoms with van der Waals surface area (Å²) in [7, 11) is 0. The van der Waals surface area contributed by atoms with Crippen LogP contribution >= 0.6 is 0 Å². The van der Waals surface area contributed by atoms with Gasteiger partial charge < -0.3 is 5.32 Å². The number of aryl methyl sites for hydroxylation is 1. The van der Waals surface area contributed by atoms with Crippen molar-refractivity contribution in [1.82, 2.24) is 0 Å². The molecule has 0 saturated heterocycles. The number of hydrogen-bond acceptors (Lipinski definition) is 1. The van der Waals surface area contributed by atoms with Crippen molar-refractivity contribution in [2.45, 2.75) is 33.1 Å². The van der Waals surface area contributed by atoms with Gasteiger partial charge in [0.05, 0.1) is 0 Å². The van der Waals surface area contributed by atoms with Gasteiger partial charge in [-0.1, -0.05) is 35.4 Å². The predicted molar refractivity (Wildman–Crippen MR) is 75.4 cm³/mol. The smallest absolute Gasteiger partial charge is 0.0357 e. The molecule has 3 rings (SSSR count). The largest absolute Gasteiger partial charge is 0.381 e. The summed E-state index contributed by atoms with van der Waals surface area (Å²) < 4.78 is 0. The van der Waals surface area contributed by atoms with Crippen molar-refractivity contribution in [1.29, 1.82) is 0 Å². The molecule has 90 valence electrons. The van der Waals surface area contributed by atoms with Crippen LogP contribution in [0, 0.1) is 0 Å². The van der Waals surface area contributed by atoms with Gasteiger partial charge in [0.25, 0.3) is 0 Å². The first-order valence-corrected chi connectivity index (χ1v) is 6.38. The summed E-state index contributed by atoms with van der Waals surface area (Å²) in [6.07, 6.45) is 8.02. The Hall–Kier alpha value is -1.50. The number of anilines is 1. The van der Waals surface area contributed by atoms with Crippen molar-refractivity contribution in [3.63, 3.8) is 0 Å². The van der Waals surface area contributed by atoms with E-state index >= 15 is 0 Å². The van der Waals surface area contributed by atoms with E-state index in [1.54, 1.807) is 0 Å². The highest BCUT2D eigenvalue weighted by molar-refractivity contribution is 5.45. The Morgan fingerprint density at radius 3 is 2.35 bits per heavy atom. The van der Waals surface area contributed by atoms with Crippen molar-refractivity contribution in [2.24, 2.45) is 0 Å². The maximum atomic E-state index is 3.45. The molecule has 2 aliphatic heterocycles. The molecule has 1 aromatic rings. The maximum Gasteiger partial charge on any atom is 0.0357 e. The van der Waals surface area contributed by atoms with Crippen LogP contribution in [0.25, 0.3) is 0 Å². The standard InChI is InChI=1S/C16H21N/c1-13-4-3-5-14(2)12-17-16-10-8-15(7-6-13)9-11-16/h4-5,8-11,17H,3,6-7,12H2,1-2H3/b13-4+,14-5+. The molecule has 2 heterocycles. The van der Waals surface area contributed by atoms with Gasteiger partial charge in [-0.15, -0.1) is 0 Å². The summed E-state index contributed by atoms with van der Waals surface area (Å²) in [5.41, 5.74) is 5.53. The second-order valence-corrected chi connectivity index (χ2v) is 4.89. The van der Waals surface area contributed by atoms with E-state index in [9.17, 15) is 0 Å². The Labute approximate surface area is 104 Å². The van der Waals surface area contributed by atoms with E-state index in [1.165, 1.54) is 28.8 Å². The predicted octanol–water partition coefficient (Wildman–Crippen LogP) is 4.33. The lowest BCUT2D eigenvalue weighted by Gasteiger charge is -2.07. The lowest BCUT2D eigenvalue weighted by molar-refractivity contribution is 0.934. The Kier molecular flexibility index (Phi) is 4.03. The molecular formula is C16H21N. The molecule has 1 nitrogen and oxygen atoms in total. The van der Waals surface area contributed by atoms with Crippen molar-refractivity contribution >= 4 is 5.69 Å². The molecule has 0 radical (unpaired) electrons. The van der Waals surface area contributed by atoms with Crippen LogP contribution in [0.3, 0.4) is 0 Å². The van der Waals surface area contributed by atoms with E-state index in [-0.39, 0.29) is 0 Å². The van der Waals surface area contributed by atoms with Crippen molar-refractivity contribution in [3.05, 3.63) is 53.1 Å². The number of fused-ring (bicyclic) bond motifs is 8. The Morgan fingerprint density at radius 2 is 1.59 bits per heavy atom. The molecule has 0 fully saturated rings.